The van der Waals surface area contributed by atoms with Crippen LogP contribution >= 0.6 is 0 Å². The van der Waals surface area contributed by atoms with Crippen LogP contribution in [0.25, 0.3) is 0 Å². The number of hydrogen-bond acceptors (Lipinski definition) is 8. The Balaban J connectivity index is 1.43. The van der Waals surface area contributed by atoms with E-state index in [1.54, 1.807) is 0 Å². The van der Waals surface area contributed by atoms with Gasteiger partial charge in [0.25, 0.3) is 5.91 Å². The molecule has 2 aromatic carbocycles. The predicted octanol–water partition coefficient (Wildman–Crippen LogP) is 2.36. The van der Waals surface area contributed by atoms with Gasteiger partial charge in [-0.15, -0.1) is 0 Å². The molecule has 2 saturated heterocycles. The molecule has 2 fully saturated rings. The number of rotatable bonds is 9. The summed E-state index contributed by atoms with van der Waals surface area (Å²) in [6, 6.07) is 15.4. The Bertz CT molecular complexity index is 1040. The van der Waals surface area contributed by atoms with Crippen LogP contribution in [0.1, 0.15) is 61.3 Å². The molecule has 9 heteroatoms. The van der Waals surface area contributed by atoms with Crippen LogP contribution < -0.4 is 5.32 Å². The molecule has 200 valence electrons. The molecule has 0 spiro atoms. The summed E-state index contributed by atoms with van der Waals surface area (Å²) in [7, 11) is 0. The van der Waals surface area contributed by atoms with Crippen LogP contribution in [0.4, 0.5) is 0 Å². The Morgan fingerprint density at radius 2 is 1.76 bits per heavy atom. The van der Waals surface area contributed by atoms with E-state index in [4.69, 9.17) is 14.2 Å². The van der Waals surface area contributed by atoms with Crippen LogP contribution in [0.5, 0.6) is 0 Å². The number of aliphatic hydroxyl groups is 2. The zero-order valence-electron chi connectivity index (χ0n) is 21.3. The van der Waals surface area contributed by atoms with Crippen LogP contribution in [0, 0.1) is 0 Å². The number of likely N-dealkylation sites (tertiary alicyclic amines) is 1. The lowest BCUT2D eigenvalue weighted by molar-refractivity contribution is -0.252. The molecule has 1 amide bonds. The van der Waals surface area contributed by atoms with Gasteiger partial charge in [0, 0.05) is 45.1 Å². The molecule has 0 unspecified atom stereocenters. The molecular weight excluding hydrogens is 476 g/mol. The first-order valence-electron chi connectivity index (χ1n) is 12.8. The smallest absolute Gasteiger partial charge is 0.303 e. The number of ether oxygens (including phenoxy) is 3. The number of carbonyl (C=O) groups excluding carboxylic acids is 2. The average Bonchev–Trinajstić information content (AvgIpc) is 3.31. The van der Waals surface area contributed by atoms with Crippen molar-refractivity contribution in [2.45, 2.75) is 70.5 Å². The summed E-state index contributed by atoms with van der Waals surface area (Å²) >= 11 is 0. The summed E-state index contributed by atoms with van der Waals surface area (Å²) in [4.78, 5) is 25.4. The third kappa shape index (κ3) is 7.59. The van der Waals surface area contributed by atoms with Gasteiger partial charge in [-0.2, -0.15) is 0 Å². The van der Waals surface area contributed by atoms with Gasteiger partial charge in [0.1, 0.15) is 0 Å². The van der Waals surface area contributed by atoms with Gasteiger partial charge in [-0.05, 0) is 30.0 Å². The topological polar surface area (TPSA) is 118 Å². The van der Waals surface area contributed by atoms with Crippen molar-refractivity contribution in [3.8, 4) is 0 Å². The minimum Gasteiger partial charge on any atom is -0.453 e. The molecule has 2 heterocycles. The largest absolute Gasteiger partial charge is 0.453 e. The maximum atomic E-state index is 12.1. The number of β-amino-alcohol motifs (C(OH)–C–C–N with tert-alkyl or cyclic N) is 1. The van der Waals surface area contributed by atoms with E-state index in [1.165, 1.54) is 13.8 Å². The second kappa shape index (κ2) is 12.6. The number of aliphatic hydroxyl groups excluding tert-OH is 2. The third-order valence-electron chi connectivity index (χ3n) is 6.75. The lowest BCUT2D eigenvalue weighted by Crippen LogP contribution is -2.38. The molecule has 0 saturated carbocycles. The molecular formula is C28H36N2O7. The Kier molecular flexibility index (Phi) is 9.28. The number of hydrogen-bond donors (Lipinski definition) is 3. The van der Waals surface area contributed by atoms with Crippen molar-refractivity contribution >= 4 is 11.9 Å². The zero-order chi connectivity index (χ0) is 26.4. The SMILES string of the molecule is CC(=O)O[C@@H](C)C(=O)NCc1ccc([C@@H]2O[C@H](CN3CC[C@H](O)C3)C[C@H](c3ccc(CO)cc3)O2)cc1. The monoisotopic (exact) mass is 512 g/mol. The molecule has 0 aliphatic carbocycles. The van der Waals surface area contributed by atoms with Crippen molar-refractivity contribution in [2.24, 2.45) is 0 Å². The highest BCUT2D eigenvalue weighted by Gasteiger charge is 2.34. The van der Waals surface area contributed by atoms with E-state index < -0.39 is 18.4 Å². The van der Waals surface area contributed by atoms with Crippen molar-refractivity contribution in [1.82, 2.24) is 10.2 Å². The first-order valence-corrected chi connectivity index (χ1v) is 12.8. The molecule has 37 heavy (non-hydrogen) atoms. The first-order chi connectivity index (χ1) is 17.8. The summed E-state index contributed by atoms with van der Waals surface area (Å²) in [5.41, 5.74) is 3.63. The Hall–Kier alpha value is -2.82. The fourth-order valence-corrected chi connectivity index (χ4v) is 4.73. The highest BCUT2D eigenvalue weighted by atomic mass is 16.7. The van der Waals surface area contributed by atoms with E-state index in [1.807, 2.05) is 48.5 Å². The second-order valence-electron chi connectivity index (χ2n) is 9.76. The molecule has 4 rings (SSSR count). The van der Waals surface area contributed by atoms with Gasteiger partial charge < -0.3 is 29.7 Å². The fourth-order valence-electron chi connectivity index (χ4n) is 4.73. The zero-order valence-corrected chi connectivity index (χ0v) is 21.3. The molecule has 5 atom stereocenters. The van der Waals surface area contributed by atoms with Crippen molar-refractivity contribution in [3.63, 3.8) is 0 Å². The number of amides is 1. The number of esters is 1. The van der Waals surface area contributed by atoms with E-state index in [0.29, 0.717) is 26.1 Å². The van der Waals surface area contributed by atoms with E-state index in [-0.39, 0.29) is 30.8 Å². The van der Waals surface area contributed by atoms with Crippen LogP contribution in [-0.4, -0.2) is 64.9 Å². The summed E-state index contributed by atoms with van der Waals surface area (Å²) in [5.74, 6) is -0.857. The molecule has 2 aliphatic rings. The van der Waals surface area contributed by atoms with E-state index >= 15 is 0 Å². The molecule has 2 aliphatic heterocycles. The van der Waals surface area contributed by atoms with Gasteiger partial charge in [0.05, 0.1) is 24.9 Å². The van der Waals surface area contributed by atoms with Crippen molar-refractivity contribution in [1.29, 1.82) is 0 Å². The van der Waals surface area contributed by atoms with Gasteiger partial charge in [0.15, 0.2) is 12.4 Å². The Morgan fingerprint density at radius 1 is 1.08 bits per heavy atom. The molecule has 0 radical (unpaired) electrons. The minimum atomic E-state index is -0.849. The van der Waals surface area contributed by atoms with E-state index in [0.717, 1.165) is 35.2 Å². The predicted molar refractivity (Wildman–Crippen MR) is 135 cm³/mol. The van der Waals surface area contributed by atoms with Crippen LogP contribution in [0.3, 0.4) is 0 Å². The van der Waals surface area contributed by atoms with Gasteiger partial charge in [-0.1, -0.05) is 48.5 Å². The number of nitrogens with one attached hydrogen (secondary N) is 1. The van der Waals surface area contributed by atoms with Gasteiger partial charge in [0.2, 0.25) is 0 Å². The Labute approximate surface area is 217 Å². The quantitative estimate of drug-likeness (QED) is 0.439. The maximum absolute atomic E-state index is 12.1. The highest BCUT2D eigenvalue weighted by Crippen LogP contribution is 2.38. The maximum Gasteiger partial charge on any atom is 0.303 e. The average molecular weight is 513 g/mol. The number of carbonyl (C=O) groups is 2. The molecule has 0 aromatic heterocycles. The van der Waals surface area contributed by atoms with Crippen molar-refractivity contribution < 1.29 is 34.0 Å². The third-order valence-corrected chi connectivity index (χ3v) is 6.75. The second-order valence-corrected chi connectivity index (χ2v) is 9.76. The van der Waals surface area contributed by atoms with Gasteiger partial charge in [-0.3, -0.25) is 14.5 Å². The van der Waals surface area contributed by atoms with Crippen LogP contribution in [0.15, 0.2) is 48.5 Å². The van der Waals surface area contributed by atoms with Crippen LogP contribution in [0.2, 0.25) is 0 Å². The summed E-state index contributed by atoms with van der Waals surface area (Å²) < 4.78 is 17.7. The standard InChI is InChI=1S/C28H36N2O7/c1-18(35-19(2)32)27(34)29-14-20-3-9-23(10-4-20)28-36-25(16-30-12-11-24(33)15-30)13-26(37-28)22-7-5-21(17-31)6-8-22/h3-10,18,24-26,28,31,33H,11-17H2,1-2H3,(H,29,34)/t18-,24-,25-,26+,28+/m0/s1. The molecule has 0 bridgehead atoms. The van der Waals surface area contributed by atoms with E-state index in [2.05, 4.69) is 10.2 Å². The fraction of sp³-hybridized carbons (Fsp3) is 0.500. The summed E-state index contributed by atoms with van der Waals surface area (Å²) in [6.07, 6.45) is -0.497. The number of nitrogens with zero attached hydrogens (tertiary/aromatic N) is 1. The molecule has 9 nitrogen and oxygen atoms in total. The van der Waals surface area contributed by atoms with Gasteiger partial charge >= 0.3 is 5.97 Å². The minimum absolute atomic E-state index is 0.00702. The van der Waals surface area contributed by atoms with Crippen molar-refractivity contribution in [3.05, 3.63) is 70.8 Å². The number of benzene rings is 2. The Morgan fingerprint density at radius 3 is 2.38 bits per heavy atom. The first kappa shape index (κ1) is 27.2. The summed E-state index contributed by atoms with van der Waals surface area (Å²) in [6.45, 7) is 5.31. The highest BCUT2D eigenvalue weighted by molar-refractivity contribution is 5.82. The normalized spacial score (nSPS) is 25.0. The molecule has 3 N–H and O–H groups in total. The van der Waals surface area contributed by atoms with Crippen LogP contribution in [-0.2, 0) is 37.0 Å². The van der Waals surface area contributed by atoms with E-state index in [9.17, 15) is 19.8 Å². The molecule has 2 aromatic rings. The summed E-state index contributed by atoms with van der Waals surface area (Å²) in [5, 5.41) is 22.1. The lowest BCUT2D eigenvalue weighted by Gasteiger charge is -2.37. The van der Waals surface area contributed by atoms with Gasteiger partial charge in [-0.25, -0.2) is 0 Å². The van der Waals surface area contributed by atoms with Crippen molar-refractivity contribution in [2.75, 3.05) is 19.6 Å². The lowest BCUT2D eigenvalue weighted by atomic mass is 9.99.